The number of anilines is 1. The summed E-state index contributed by atoms with van der Waals surface area (Å²) in [5.41, 5.74) is 7.64. The fourth-order valence-electron chi connectivity index (χ4n) is 2.58. The Hall–Kier alpha value is -2.02. The number of nitrogens with two attached hydrogens (primary N) is 2. The van der Waals surface area contributed by atoms with Crippen LogP contribution in [0, 0.1) is 0 Å². The summed E-state index contributed by atoms with van der Waals surface area (Å²) in [7, 11) is -3.64. The molecule has 4 nitrogen and oxygen atoms in total. The van der Waals surface area contributed by atoms with Crippen molar-refractivity contribution < 1.29 is 8.42 Å². The maximum atomic E-state index is 11.4. The zero-order valence-corrected chi connectivity index (χ0v) is 14.6. The van der Waals surface area contributed by atoms with E-state index in [0.717, 1.165) is 15.5 Å². The molecule has 0 aromatic heterocycles. The van der Waals surface area contributed by atoms with Gasteiger partial charge in [0.2, 0.25) is 10.0 Å². The second kappa shape index (κ2) is 6.84. The van der Waals surface area contributed by atoms with Gasteiger partial charge in [0.15, 0.2) is 0 Å². The van der Waals surface area contributed by atoms with Crippen molar-refractivity contribution in [3.63, 3.8) is 0 Å². The molecule has 2 aromatic rings. The quantitative estimate of drug-likeness (QED) is 0.817. The summed E-state index contributed by atoms with van der Waals surface area (Å²) in [6, 6.07) is 15.9. The maximum Gasteiger partial charge on any atom is 0.237 e. The summed E-state index contributed by atoms with van der Waals surface area (Å²) in [5, 5.41) is 5.18. The van der Waals surface area contributed by atoms with Crippen molar-refractivity contribution in [3.8, 4) is 0 Å². The molecule has 1 aliphatic rings. The van der Waals surface area contributed by atoms with E-state index in [-0.39, 0.29) is 10.8 Å². The highest BCUT2D eigenvalue weighted by molar-refractivity contribution is 7.99. The van der Waals surface area contributed by atoms with E-state index < -0.39 is 10.0 Å². The molecule has 0 amide bonds. The van der Waals surface area contributed by atoms with Gasteiger partial charge in [0.05, 0.1) is 4.91 Å². The van der Waals surface area contributed by atoms with Gasteiger partial charge in [-0.3, -0.25) is 0 Å². The number of nitrogen functional groups attached to an aromatic ring is 1. The van der Waals surface area contributed by atoms with E-state index in [2.05, 4.69) is 12.1 Å². The van der Waals surface area contributed by atoms with Crippen LogP contribution < -0.4 is 10.9 Å². The molecule has 1 atom stereocenters. The maximum absolute atomic E-state index is 11.4. The van der Waals surface area contributed by atoms with Crippen LogP contribution in [0.15, 0.2) is 81.5 Å². The normalized spacial score (nSPS) is 17.5. The number of primary sulfonamides is 1. The van der Waals surface area contributed by atoms with Crippen LogP contribution in [0.1, 0.15) is 17.9 Å². The number of hydrogen-bond donors (Lipinski definition) is 2. The topological polar surface area (TPSA) is 86.2 Å². The highest BCUT2D eigenvalue weighted by atomic mass is 32.2. The first-order chi connectivity index (χ1) is 11.4. The molecule has 1 aliphatic carbocycles. The Morgan fingerprint density at radius 3 is 2.38 bits per heavy atom. The van der Waals surface area contributed by atoms with Crippen molar-refractivity contribution in [1.82, 2.24) is 0 Å². The first-order valence-electron chi connectivity index (χ1n) is 7.47. The van der Waals surface area contributed by atoms with Gasteiger partial charge in [0.25, 0.3) is 0 Å². The summed E-state index contributed by atoms with van der Waals surface area (Å²) < 4.78 is 22.8. The number of benzene rings is 2. The molecule has 0 spiro atoms. The average Bonchev–Trinajstić information content (AvgIpc) is 2.57. The minimum absolute atomic E-state index is 0.132. The van der Waals surface area contributed by atoms with Crippen LogP contribution in [0.5, 0.6) is 0 Å². The summed E-state index contributed by atoms with van der Waals surface area (Å²) in [6.07, 6.45) is 5.79. The van der Waals surface area contributed by atoms with E-state index in [9.17, 15) is 8.42 Å². The number of allylic oxidation sites excluding steroid dienone is 3. The molecular formula is C18H18N2O2S2. The molecule has 4 N–H and O–H groups in total. The molecule has 124 valence electrons. The van der Waals surface area contributed by atoms with E-state index in [1.807, 2.05) is 42.5 Å². The van der Waals surface area contributed by atoms with E-state index in [4.69, 9.17) is 10.9 Å². The van der Waals surface area contributed by atoms with Gasteiger partial charge in [-0.1, -0.05) is 42.1 Å². The molecule has 0 saturated carbocycles. The highest BCUT2D eigenvalue weighted by Gasteiger charge is 2.18. The smallest absolute Gasteiger partial charge is 0.237 e. The monoisotopic (exact) mass is 358 g/mol. The Morgan fingerprint density at radius 2 is 1.75 bits per heavy atom. The molecule has 2 aromatic carbocycles. The van der Waals surface area contributed by atoms with Crippen LogP contribution in [0.3, 0.4) is 0 Å². The summed E-state index contributed by atoms with van der Waals surface area (Å²) >= 11 is 1.67. The minimum atomic E-state index is -3.64. The van der Waals surface area contributed by atoms with Crippen LogP contribution >= 0.6 is 11.8 Å². The zero-order valence-electron chi connectivity index (χ0n) is 12.9. The molecule has 0 bridgehead atoms. The molecule has 0 radical (unpaired) electrons. The Labute approximate surface area is 146 Å². The SMILES string of the molecule is Nc1ccc(Sc2ccccc2C2C=CC(S(N)(=O)=O)=CC2)cc1. The van der Waals surface area contributed by atoms with E-state index in [1.165, 1.54) is 5.56 Å². The van der Waals surface area contributed by atoms with Gasteiger partial charge in [-0.05, 0) is 48.4 Å². The Balaban J connectivity index is 1.84. The van der Waals surface area contributed by atoms with Gasteiger partial charge in [-0.25, -0.2) is 13.6 Å². The predicted molar refractivity (Wildman–Crippen MR) is 99.1 cm³/mol. The van der Waals surface area contributed by atoms with E-state index in [1.54, 1.807) is 23.9 Å². The lowest BCUT2D eigenvalue weighted by Crippen LogP contribution is -2.15. The lowest BCUT2D eigenvalue weighted by molar-refractivity contribution is 0.604. The van der Waals surface area contributed by atoms with Gasteiger partial charge in [-0.2, -0.15) is 0 Å². The van der Waals surface area contributed by atoms with Crippen molar-refractivity contribution >= 4 is 27.5 Å². The van der Waals surface area contributed by atoms with Crippen LogP contribution in [-0.4, -0.2) is 8.42 Å². The van der Waals surface area contributed by atoms with Crippen molar-refractivity contribution in [2.75, 3.05) is 5.73 Å². The van der Waals surface area contributed by atoms with Gasteiger partial charge in [0, 0.05) is 21.4 Å². The molecule has 1 unspecified atom stereocenters. The molecule has 0 saturated heterocycles. The molecule has 0 aliphatic heterocycles. The fourth-order valence-corrected chi connectivity index (χ4v) is 4.19. The van der Waals surface area contributed by atoms with Crippen molar-refractivity contribution in [3.05, 3.63) is 77.2 Å². The Kier molecular flexibility index (Phi) is 4.80. The number of hydrogen-bond acceptors (Lipinski definition) is 4. The molecule has 24 heavy (non-hydrogen) atoms. The van der Waals surface area contributed by atoms with Crippen molar-refractivity contribution in [2.24, 2.45) is 5.14 Å². The largest absolute Gasteiger partial charge is 0.399 e. The first kappa shape index (κ1) is 16.8. The third-order valence-electron chi connectivity index (χ3n) is 3.82. The van der Waals surface area contributed by atoms with Crippen LogP contribution in [0.25, 0.3) is 0 Å². The molecular weight excluding hydrogens is 340 g/mol. The van der Waals surface area contributed by atoms with Gasteiger partial charge >= 0.3 is 0 Å². The first-order valence-corrected chi connectivity index (χ1v) is 9.83. The number of sulfonamides is 1. The fraction of sp³-hybridized carbons (Fsp3) is 0.111. The Morgan fingerprint density at radius 1 is 1.04 bits per heavy atom. The van der Waals surface area contributed by atoms with E-state index >= 15 is 0 Å². The molecule has 0 fully saturated rings. The van der Waals surface area contributed by atoms with Crippen LogP contribution in [-0.2, 0) is 10.0 Å². The third kappa shape index (κ3) is 3.90. The van der Waals surface area contributed by atoms with E-state index in [0.29, 0.717) is 6.42 Å². The van der Waals surface area contributed by atoms with Crippen molar-refractivity contribution in [2.45, 2.75) is 22.1 Å². The standard InChI is InChI=1S/C18H18N2O2S2/c19-14-7-9-15(10-8-14)23-18-4-2-1-3-17(18)13-5-11-16(12-6-13)24(20,21)22/h1-5,7-13H,6,19H2,(H2,20,21,22). The summed E-state index contributed by atoms with van der Waals surface area (Å²) in [4.78, 5) is 2.43. The van der Waals surface area contributed by atoms with Crippen LogP contribution in [0.4, 0.5) is 5.69 Å². The van der Waals surface area contributed by atoms with Crippen molar-refractivity contribution in [1.29, 1.82) is 0 Å². The van der Waals surface area contributed by atoms with Gasteiger partial charge < -0.3 is 5.73 Å². The minimum Gasteiger partial charge on any atom is -0.399 e. The Bertz CT molecular complexity index is 901. The molecule has 6 heteroatoms. The average molecular weight is 358 g/mol. The van der Waals surface area contributed by atoms with Gasteiger partial charge in [-0.15, -0.1) is 0 Å². The molecule has 3 rings (SSSR count). The predicted octanol–water partition coefficient (Wildman–Crippen LogP) is 3.64. The third-order valence-corrected chi connectivity index (χ3v) is 5.88. The zero-order chi connectivity index (χ0) is 17.2. The lowest BCUT2D eigenvalue weighted by atomic mass is 9.92. The summed E-state index contributed by atoms with van der Waals surface area (Å²) in [5.74, 6) is 0.132. The highest BCUT2D eigenvalue weighted by Crippen LogP contribution is 2.37. The molecule has 0 heterocycles. The lowest BCUT2D eigenvalue weighted by Gasteiger charge is -2.19. The number of rotatable bonds is 4. The van der Waals surface area contributed by atoms with Gasteiger partial charge in [0.1, 0.15) is 0 Å². The second-order valence-electron chi connectivity index (χ2n) is 5.56. The summed E-state index contributed by atoms with van der Waals surface area (Å²) in [6.45, 7) is 0. The van der Waals surface area contributed by atoms with Crippen LogP contribution in [0.2, 0.25) is 0 Å². The second-order valence-corrected chi connectivity index (χ2v) is 8.24.